The van der Waals surface area contributed by atoms with Crippen LogP contribution in [0.4, 0.5) is 0 Å². The van der Waals surface area contributed by atoms with Gasteiger partial charge in [0.05, 0.1) is 22.2 Å². The number of halogens is 2. The molecule has 0 bridgehead atoms. The van der Waals surface area contributed by atoms with Crippen LogP contribution in [0.25, 0.3) is 23.0 Å². The van der Waals surface area contributed by atoms with Gasteiger partial charge in [0.25, 0.3) is 0 Å². The van der Waals surface area contributed by atoms with Crippen LogP contribution in [-0.4, -0.2) is 11.1 Å². The summed E-state index contributed by atoms with van der Waals surface area (Å²) in [6, 6.07) is 16.8. The minimum absolute atomic E-state index is 0.108. The van der Waals surface area contributed by atoms with Crippen molar-refractivity contribution in [2.75, 3.05) is 0 Å². The lowest BCUT2D eigenvalue weighted by molar-refractivity contribution is 0.0697. The number of carboxylic acids is 1. The standard InChI is InChI=1S/C20H11Cl2NO3/c21-15-4-1-12(2-5-15)14(11-23)9-16-6-8-19(26-16)17-10-13(20(24)25)3-7-18(17)22/h1-10H,(H,24,25)/b14-9-. The molecule has 0 unspecified atom stereocenters. The summed E-state index contributed by atoms with van der Waals surface area (Å²) < 4.78 is 5.73. The van der Waals surface area contributed by atoms with E-state index in [9.17, 15) is 10.1 Å². The van der Waals surface area contributed by atoms with Crippen molar-refractivity contribution in [1.29, 1.82) is 5.26 Å². The number of hydrogen-bond acceptors (Lipinski definition) is 3. The van der Waals surface area contributed by atoms with Gasteiger partial charge >= 0.3 is 5.97 Å². The fourth-order valence-corrected chi connectivity index (χ4v) is 2.71. The number of aromatic carboxylic acids is 1. The van der Waals surface area contributed by atoms with Gasteiger partial charge in [-0.25, -0.2) is 4.79 Å². The molecule has 0 aliphatic carbocycles. The van der Waals surface area contributed by atoms with E-state index in [-0.39, 0.29) is 5.56 Å². The molecule has 6 heteroatoms. The predicted octanol–water partition coefficient (Wildman–Crippen LogP) is 6.02. The van der Waals surface area contributed by atoms with Crippen molar-refractivity contribution in [2.24, 2.45) is 0 Å². The van der Waals surface area contributed by atoms with Gasteiger partial charge in [-0.05, 0) is 54.1 Å². The van der Waals surface area contributed by atoms with E-state index in [1.165, 1.54) is 18.2 Å². The van der Waals surface area contributed by atoms with Crippen molar-refractivity contribution < 1.29 is 14.3 Å². The summed E-state index contributed by atoms with van der Waals surface area (Å²) in [6.45, 7) is 0. The van der Waals surface area contributed by atoms with E-state index in [0.717, 1.165) is 0 Å². The second-order valence-corrected chi connectivity index (χ2v) is 6.22. The van der Waals surface area contributed by atoms with Gasteiger partial charge in [0, 0.05) is 10.6 Å². The van der Waals surface area contributed by atoms with Crippen LogP contribution < -0.4 is 0 Å². The molecular formula is C20H11Cl2NO3. The first-order valence-electron chi connectivity index (χ1n) is 7.48. The highest BCUT2D eigenvalue weighted by Crippen LogP contribution is 2.31. The van der Waals surface area contributed by atoms with Crippen molar-refractivity contribution in [3.8, 4) is 17.4 Å². The van der Waals surface area contributed by atoms with Gasteiger partial charge in [-0.2, -0.15) is 5.26 Å². The molecular weight excluding hydrogens is 373 g/mol. The van der Waals surface area contributed by atoms with E-state index in [2.05, 4.69) is 6.07 Å². The molecule has 1 heterocycles. The van der Waals surface area contributed by atoms with Gasteiger partial charge in [-0.1, -0.05) is 35.3 Å². The number of carbonyl (C=O) groups is 1. The lowest BCUT2D eigenvalue weighted by Crippen LogP contribution is -1.96. The average molecular weight is 384 g/mol. The maximum absolute atomic E-state index is 11.1. The van der Waals surface area contributed by atoms with E-state index in [1.54, 1.807) is 42.5 Å². The topological polar surface area (TPSA) is 74.2 Å². The fraction of sp³-hybridized carbons (Fsp3) is 0. The first-order valence-corrected chi connectivity index (χ1v) is 8.24. The van der Waals surface area contributed by atoms with Crippen molar-refractivity contribution in [2.45, 2.75) is 0 Å². The molecule has 26 heavy (non-hydrogen) atoms. The first-order chi connectivity index (χ1) is 12.5. The molecule has 0 saturated carbocycles. The number of carboxylic acid groups (broad SMARTS) is 1. The minimum Gasteiger partial charge on any atom is -0.478 e. The molecule has 0 aliphatic heterocycles. The Balaban J connectivity index is 1.97. The zero-order valence-electron chi connectivity index (χ0n) is 13.2. The summed E-state index contributed by atoms with van der Waals surface area (Å²) in [4.78, 5) is 11.1. The molecule has 3 rings (SSSR count). The van der Waals surface area contributed by atoms with E-state index in [1.807, 2.05) is 0 Å². The SMILES string of the molecule is N#C/C(=C/c1ccc(-c2cc(C(=O)O)ccc2Cl)o1)c1ccc(Cl)cc1. The van der Waals surface area contributed by atoms with Gasteiger partial charge in [0.15, 0.2) is 0 Å². The Kier molecular flexibility index (Phi) is 5.13. The van der Waals surface area contributed by atoms with Gasteiger partial charge in [0.1, 0.15) is 11.5 Å². The van der Waals surface area contributed by atoms with Gasteiger partial charge in [-0.15, -0.1) is 0 Å². The highest BCUT2D eigenvalue weighted by atomic mass is 35.5. The van der Waals surface area contributed by atoms with Crippen molar-refractivity contribution in [1.82, 2.24) is 0 Å². The Labute approximate surface area is 159 Å². The third-order valence-corrected chi connectivity index (χ3v) is 4.25. The molecule has 4 nitrogen and oxygen atoms in total. The van der Waals surface area contributed by atoms with E-state index in [0.29, 0.717) is 38.3 Å². The molecule has 2 aromatic carbocycles. The fourth-order valence-electron chi connectivity index (χ4n) is 2.37. The Morgan fingerprint density at radius 1 is 1.04 bits per heavy atom. The molecule has 3 aromatic rings. The second kappa shape index (κ2) is 7.49. The monoisotopic (exact) mass is 383 g/mol. The summed E-state index contributed by atoms with van der Waals surface area (Å²) >= 11 is 12.0. The van der Waals surface area contributed by atoms with Crippen LogP contribution in [0, 0.1) is 11.3 Å². The summed E-state index contributed by atoms with van der Waals surface area (Å²) in [6.07, 6.45) is 1.60. The van der Waals surface area contributed by atoms with Crippen LogP contribution in [0.1, 0.15) is 21.7 Å². The normalized spacial score (nSPS) is 11.2. The molecule has 0 radical (unpaired) electrons. The predicted molar refractivity (Wildman–Crippen MR) is 101 cm³/mol. The molecule has 1 N–H and O–H groups in total. The Hall–Kier alpha value is -3.00. The number of rotatable bonds is 4. The Morgan fingerprint density at radius 2 is 1.73 bits per heavy atom. The molecule has 0 saturated heterocycles. The van der Waals surface area contributed by atoms with Crippen molar-refractivity contribution in [3.63, 3.8) is 0 Å². The van der Waals surface area contributed by atoms with Crippen LogP contribution in [0.3, 0.4) is 0 Å². The van der Waals surface area contributed by atoms with Gasteiger partial charge in [-0.3, -0.25) is 0 Å². The third kappa shape index (κ3) is 3.80. The summed E-state index contributed by atoms with van der Waals surface area (Å²) in [5.74, 6) is -0.190. The quantitative estimate of drug-likeness (QED) is 0.559. The van der Waals surface area contributed by atoms with Gasteiger partial charge in [0.2, 0.25) is 0 Å². The molecule has 0 amide bonds. The molecule has 0 spiro atoms. The van der Waals surface area contributed by atoms with Crippen molar-refractivity contribution >= 4 is 40.8 Å². The molecule has 1 aromatic heterocycles. The number of nitrogens with zero attached hydrogens (tertiary/aromatic N) is 1. The minimum atomic E-state index is -1.05. The van der Waals surface area contributed by atoms with Crippen LogP contribution in [0.5, 0.6) is 0 Å². The molecule has 0 aliphatic rings. The summed E-state index contributed by atoms with van der Waals surface area (Å²) in [7, 11) is 0. The average Bonchev–Trinajstić information content (AvgIpc) is 3.09. The Morgan fingerprint density at radius 3 is 2.38 bits per heavy atom. The smallest absolute Gasteiger partial charge is 0.335 e. The van der Waals surface area contributed by atoms with E-state index < -0.39 is 5.97 Å². The van der Waals surface area contributed by atoms with Crippen molar-refractivity contribution in [3.05, 3.63) is 81.5 Å². The highest BCUT2D eigenvalue weighted by molar-refractivity contribution is 6.33. The summed E-state index contributed by atoms with van der Waals surface area (Å²) in [5, 5.41) is 19.5. The highest BCUT2D eigenvalue weighted by Gasteiger charge is 2.12. The number of hydrogen-bond donors (Lipinski definition) is 1. The maximum Gasteiger partial charge on any atom is 0.335 e. The van der Waals surface area contributed by atoms with E-state index >= 15 is 0 Å². The lowest BCUT2D eigenvalue weighted by atomic mass is 10.1. The zero-order chi connectivity index (χ0) is 18.7. The molecule has 0 fully saturated rings. The van der Waals surface area contributed by atoms with Crippen LogP contribution in [-0.2, 0) is 0 Å². The second-order valence-electron chi connectivity index (χ2n) is 5.38. The van der Waals surface area contributed by atoms with Crippen LogP contribution >= 0.6 is 23.2 Å². The Bertz CT molecular complexity index is 1040. The number of allylic oxidation sites excluding steroid dienone is 1. The van der Waals surface area contributed by atoms with Crippen LogP contribution in [0.15, 0.2) is 59.0 Å². The zero-order valence-corrected chi connectivity index (χ0v) is 14.8. The van der Waals surface area contributed by atoms with Crippen LogP contribution in [0.2, 0.25) is 10.0 Å². The lowest BCUT2D eigenvalue weighted by Gasteiger charge is -2.03. The number of benzene rings is 2. The maximum atomic E-state index is 11.1. The third-order valence-electron chi connectivity index (χ3n) is 3.67. The van der Waals surface area contributed by atoms with Gasteiger partial charge < -0.3 is 9.52 Å². The largest absolute Gasteiger partial charge is 0.478 e. The first kappa shape index (κ1) is 17.8. The number of furan rings is 1. The molecule has 0 atom stereocenters. The van der Waals surface area contributed by atoms with E-state index in [4.69, 9.17) is 32.7 Å². The number of nitriles is 1. The molecule has 128 valence electrons. The summed E-state index contributed by atoms with van der Waals surface area (Å²) in [5.41, 5.74) is 1.70.